The van der Waals surface area contributed by atoms with Crippen molar-refractivity contribution in [2.24, 2.45) is 0 Å². The van der Waals surface area contributed by atoms with E-state index in [0.717, 1.165) is 32.6 Å². The van der Waals surface area contributed by atoms with Crippen molar-refractivity contribution in [2.45, 2.75) is 18.9 Å². The first-order valence-corrected chi connectivity index (χ1v) is 7.53. The molecule has 0 saturated carbocycles. The first-order valence-electron chi connectivity index (χ1n) is 7.53. The highest BCUT2D eigenvalue weighted by Gasteiger charge is 2.30. The fraction of sp³-hybridized carbons (Fsp3) is 0.333. The lowest BCUT2D eigenvalue weighted by Crippen LogP contribution is -2.46. The van der Waals surface area contributed by atoms with E-state index in [0.29, 0.717) is 5.92 Å². The molecule has 2 nitrogen and oxygen atoms in total. The Labute approximate surface area is 120 Å². The number of nitrogens with one attached hydrogen (secondary N) is 1. The minimum absolute atomic E-state index is 0.703. The van der Waals surface area contributed by atoms with Crippen LogP contribution in [0, 0.1) is 0 Å². The lowest BCUT2D eigenvalue weighted by molar-refractivity contribution is 0.520. The molecule has 1 N–H and O–H groups in total. The summed E-state index contributed by atoms with van der Waals surface area (Å²) in [6.07, 6.45) is 1.16. The summed E-state index contributed by atoms with van der Waals surface area (Å²) in [4.78, 5) is 2.54. The van der Waals surface area contributed by atoms with Gasteiger partial charge in [-0.05, 0) is 35.7 Å². The quantitative estimate of drug-likeness (QED) is 0.897. The Balaban J connectivity index is 1.54. The van der Waals surface area contributed by atoms with E-state index < -0.39 is 0 Å². The molecule has 102 valence electrons. The molecule has 2 heteroatoms. The number of hydrogen-bond donors (Lipinski definition) is 1. The van der Waals surface area contributed by atoms with Gasteiger partial charge < -0.3 is 10.2 Å². The number of benzene rings is 2. The van der Waals surface area contributed by atoms with Crippen molar-refractivity contribution in [3.63, 3.8) is 0 Å². The predicted octanol–water partition coefficient (Wildman–Crippen LogP) is 2.94. The molecule has 20 heavy (non-hydrogen) atoms. The van der Waals surface area contributed by atoms with Crippen LogP contribution >= 0.6 is 0 Å². The molecule has 4 rings (SSSR count). The summed E-state index contributed by atoms with van der Waals surface area (Å²) in [6, 6.07) is 17.7. The van der Waals surface area contributed by atoms with Crippen LogP contribution in [0.2, 0.25) is 0 Å². The molecule has 0 amide bonds. The van der Waals surface area contributed by atoms with Gasteiger partial charge in [-0.25, -0.2) is 0 Å². The van der Waals surface area contributed by atoms with Gasteiger partial charge in [0.05, 0.1) is 0 Å². The third-order valence-corrected chi connectivity index (χ3v) is 4.61. The van der Waals surface area contributed by atoms with Crippen molar-refractivity contribution in [3.05, 3.63) is 65.2 Å². The Bertz CT molecular complexity index is 600. The second-order valence-electron chi connectivity index (χ2n) is 5.85. The summed E-state index contributed by atoms with van der Waals surface area (Å²) < 4.78 is 0. The first kappa shape index (κ1) is 12.0. The summed E-state index contributed by atoms with van der Waals surface area (Å²) in [7, 11) is 0. The Kier molecular flexibility index (Phi) is 2.96. The van der Waals surface area contributed by atoms with E-state index in [4.69, 9.17) is 0 Å². The van der Waals surface area contributed by atoms with Crippen molar-refractivity contribution < 1.29 is 0 Å². The summed E-state index contributed by atoms with van der Waals surface area (Å²) in [5, 5.41) is 3.46. The molecular formula is C18H20N2. The van der Waals surface area contributed by atoms with Gasteiger partial charge in [0.15, 0.2) is 0 Å². The zero-order chi connectivity index (χ0) is 13.4. The third kappa shape index (κ3) is 2.01. The SMILES string of the molecule is c1ccc(C2CN(c3cccc4c3CCNC4)C2)cc1. The van der Waals surface area contributed by atoms with E-state index in [1.54, 1.807) is 5.56 Å². The summed E-state index contributed by atoms with van der Waals surface area (Å²) in [5.74, 6) is 0.703. The molecule has 1 fully saturated rings. The molecule has 0 aliphatic carbocycles. The van der Waals surface area contributed by atoms with Crippen LogP contribution in [0.5, 0.6) is 0 Å². The smallest absolute Gasteiger partial charge is 0.0402 e. The molecule has 2 heterocycles. The molecule has 2 aromatic carbocycles. The van der Waals surface area contributed by atoms with Gasteiger partial charge in [0.2, 0.25) is 0 Å². The van der Waals surface area contributed by atoms with Crippen LogP contribution in [-0.2, 0) is 13.0 Å². The zero-order valence-corrected chi connectivity index (χ0v) is 11.7. The highest BCUT2D eigenvalue weighted by Crippen LogP contribution is 2.35. The lowest BCUT2D eigenvalue weighted by Gasteiger charge is -2.43. The second-order valence-corrected chi connectivity index (χ2v) is 5.85. The van der Waals surface area contributed by atoms with Gasteiger partial charge in [-0.15, -0.1) is 0 Å². The van der Waals surface area contributed by atoms with Gasteiger partial charge in [0, 0.05) is 31.2 Å². The van der Waals surface area contributed by atoms with Crippen LogP contribution in [0.3, 0.4) is 0 Å². The Morgan fingerprint density at radius 1 is 0.950 bits per heavy atom. The normalized spacial score (nSPS) is 18.5. The van der Waals surface area contributed by atoms with Gasteiger partial charge in [-0.1, -0.05) is 42.5 Å². The molecule has 2 aliphatic heterocycles. The lowest BCUT2D eigenvalue weighted by atomic mass is 9.89. The number of fused-ring (bicyclic) bond motifs is 1. The van der Waals surface area contributed by atoms with Crippen molar-refractivity contribution >= 4 is 5.69 Å². The minimum Gasteiger partial charge on any atom is -0.370 e. The predicted molar refractivity (Wildman–Crippen MR) is 83.2 cm³/mol. The van der Waals surface area contributed by atoms with E-state index in [1.807, 2.05) is 0 Å². The summed E-state index contributed by atoms with van der Waals surface area (Å²) in [6.45, 7) is 4.46. The maximum Gasteiger partial charge on any atom is 0.0402 e. The largest absolute Gasteiger partial charge is 0.370 e. The average Bonchev–Trinajstić information content (AvgIpc) is 2.47. The number of rotatable bonds is 2. The Morgan fingerprint density at radius 2 is 1.80 bits per heavy atom. The molecule has 0 aromatic heterocycles. The number of hydrogen-bond acceptors (Lipinski definition) is 2. The average molecular weight is 264 g/mol. The van der Waals surface area contributed by atoms with Crippen LogP contribution in [0.1, 0.15) is 22.6 Å². The van der Waals surface area contributed by atoms with Gasteiger partial charge >= 0.3 is 0 Å². The molecule has 0 atom stereocenters. The first-order chi connectivity index (χ1) is 9.92. The fourth-order valence-electron chi connectivity index (χ4n) is 3.42. The molecule has 0 spiro atoms. The van der Waals surface area contributed by atoms with Crippen LogP contribution < -0.4 is 10.2 Å². The van der Waals surface area contributed by atoms with Crippen molar-refractivity contribution in [1.82, 2.24) is 5.32 Å². The van der Waals surface area contributed by atoms with E-state index in [9.17, 15) is 0 Å². The van der Waals surface area contributed by atoms with Gasteiger partial charge in [-0.3, -0.25) is 0 Å². The number of anilines is 1. The molecule has 0 radical (unpaired) electrons. The summed E-state index contributed by atoms with van der Waals surface area (Å²) >= 11 is 0. The fourth-order valence-corrected chi connectivity index (χ4v) is 3.42. The maximum absolute atomic E-state index is 3.46. The van der Waals surface area contributed by atoms with E-state index in [2.05, 4.69) is 58.7 Å². The van der Waals surface area contributed by atoms with E-state index in [-0.39, 0.29) is 0 Å². The van der Waals surface area contributed by atoms with E-state index >= 15 is 0 Å². The molecule has 2 aromatic rings. The highest BCUT2D eigenvalue weighted by atomic mass is 15.2. The molecule has 0 bridgehead atoms. The minimum atomic E-state index is 0.703. The van der Waals surface area contributed by atoms with Crippen LogP contribution in [-0.4, -0.2) is 19.6 Å². The standard InChI is InChI=1S/C18H20N2/c1-2-5-14(6-3-1)16-12-20(13-16)18-8-4-7-15-11-19-10-9-17(15)18/h1-8,16,19H,9-13H2. The number of nitrogens with zero attached hydrogens (tertiary/aromatic N) is 1. The monoisotopic (exact) mass is 264 g/mol. The van der Waals surface area contributed by atoms with Gasteiger partial charge in [0.25, 0.3) is 0 Å². The Hall–Kier alpha value is -1.80. The highest BCUT2D eigenvalue weighted by molar-refractivity contribution is 5.60. The van der Waals surface area contributed by atoms with Gasteiger partial charge in [-0.2, -0.15) is 0 Å². The van der Waals surface area contributed by atoms with Crippen LogP contribution in [0.25, 0.3) is 0 Å². The molecule has 2 aliphatic rings. The topological polar surface area (TPSA) is 15.3 Å². The molecule has 1 saturated heterocycles. The van der Waals surface area contributed by atoms with Crippen molar-refractivity contribution in [3.8, 4) is 0 Å². The molecular weight excluding hydrogens is 244 g/mol. The maximum atomic E-state index is 3.46. The van der Waals surface area contributed by atoms with Gasteiger partial charge in [0.1, 0.15) is 0 Å². The molecule has 0 unspecified atom stereocenters. The summed E-state index contributed by atoms with van der Waals surface area (Å²) in [5.41, 5.74) is 6.00. The van der Waals surface area contributed by atoms with Crippen molar-refractivity contribution in [2.75, 3.05) is 24.5 Å². The van der Waals surface area contributed by atoms with Crippen LogP contribution in [0.15, 0.2) is 48.5 Å². The second kappa shape index (κ2) is 4.95. The third-order valence-electron chi connectivity index (χ3n) is 4.61. The van der Waals surface area contributed by atoms with Crippen LogP contribution in [0.4, 0.5) is 5.69 Å². The van der Waals surface area contributed by atoms with Crippen molar-refractivity contribution in [1.29, 1.82) is 0 Å². The van der Waals surface area contributed by atoms with E-state index in [1.165, 1.54) is 16.8 Å². The Morgan fingerprint density at radius 3 is 2.65 bits per heavy atom. The zero-order valence-electron chi connectivity index (χ0n) is 11.7.